The Labute approximate surface area is 55.8 Å². The predicted molar refractivity (Wildman–Crippen MR) is 18.0 cm³/mol. The molecule has 1 N–H and O–H groups in total. The molecule has 0 amide bonds. The molecule has 1 nitrogen and oxygen atoms in total. The first-order chi connectivity index (χ1) is 1.41. The van der Waals surface area contributed by atoms with Gasteiger partial charge in [0.1, 0.15) is 0 Å². The van der Waals surface area contributed by atoms with E-state index in [0.29, 0.717) is 0 Å². The monoisotopic (exact) mass is 149 g/mol. The molecule has 0 aliphatic rings. The average molecular weight is 149 g/mol. The summed E-state index contributed by atoms with van der Waals surface area (Å²) in [6, 6.07) is 0. The average Bonchev–Trinajstić information content (AvgIpc) is 0.918. The molecule has 0 rings (SSSR count). The molecule has 1 radical (unpaired) electrons. The van der Waals surface area contributed by atoms with Crippen molar-refractivity contribution in [3.63, 3.8) is 0 Å². The second-order valence-corrected chi connectivity index (χ2v) is 0.354. The Morgan fingerprint density at radius 3 is 1.75 bits per heavy atom. The number of nitrogens with one attached hydrogen (secondary N) is 1. The molecule has 0 heterocycles. The van der Waals surface area contributed by atoms with Crippen LogP contribution in [0.15, 0.2) is 0 Å². The fourth-order valence-electron chi connectivity index (χ4n) is 0. The van der Waals surface area contributed by atoms with E-state index in [1.807, 2.05) is 0 Å². The van der Waals surface area contributed by atoms with Crippen LogP contribution in [0.1, 0.15) is 0 Å². The van der Waals surface area contributed by atoms with Gasteiger partial charge in [0.05, 0.1) is 0 Å². The van der Waals surface area contributed by atoms with Crippen molar-refractivity contribution >= 4 is 17.7 Å². The Balaban J connectivity index is 0. The van der Waals surface area contributed by atoms with Crippen LogP contribution < -0.4 is 0 Å². The SMILES string of the molecule is [NH-]C=S.[Y]. The maximum Gasteiger partial charge on any atom is 0 e. The summed E-state index contributed by atoms with van der Waals surface area (Å²) >= 11 is 3.94. The van der Waals surface area contributed by atoms with E-state index < -0.39 is 0 Å². The van der Waals surface area contributed by atoms with Gasteiger partial charge in [-0.25, -0.2) is 0 Å². The minimum atomic E-state index is 0. The first-order valence-electron chi connectivity index (χ1n) is 0.524. The van der Waals surface area contributed by atoms with Crippen LogP contribution in [0.3, 0.4) is 0 Å². The maximum atomic E-state index is 5.90. The fraction of sp³-hybridized carbons (Fsp3) is 0. The molecule has 0 aromatic carbocycles. The molecule has 4 heavy (non-hydrogen) atoms. The standard InChI is InChI=1S/CH3NS.Y/c2-1-3;/h1H,(H2,2,3);/p-1. The molecule has 0 bridgehead atoms. The number of hydrogen-bond acceptors (Lipinski definition) is 1. The molecule has 0 aliphatic heterocycles. The molecule has 0 aromatic rings. The largest absolute Gasteiger partial charge is 0.696 e. The van der Waals surface area contributed by atoms with Crippen LogP contribution in [0.5, 0.6) is 0 Å². The quantitative estimate of drug-likeness (QED) is 0.471. The first-order valence-corrected chi connectivity index (χ1v) is 0.996. The van der Waals surface area contributed by atoms with Crippen LogP contribution in [-0.4, -0.2) is 5.49 Å². The van der Waals surface area contributed by atoms with Crippen LogP contribution in [-0.2, 0) is 32.7 Å². The molecule has 3 heteroatoms. The molecular formula is CH2NSY-. The summed E-state index contributed by atoms with van der Waals surface area (Å²) in [6.45, 7) is 0. The second-order valence-electron chi connectivity index (χ2n) is 0.118. The molecule has 0 saturated carbocycles. The Hall–Kier alpha value is 0.994. The third-order valence-electron chi connectivity index (χ3n) is 0. The third kappa shape index (κ3) is 12.0. The molecule has 21 valence electrons. The predicted octanol–water partition coefficient (Wildman–Crippen LogP) is 0.993. The molecule has 0 aromatic heterocycles. The zero-order valence-corrected chi connectivity index (χ0v) is 5.72. The first kappa shape index (κ1) is 8.89. The Morgan fingerprint density at radius 2 is 1.75 bits per heavy atom. The van der Waals surface area contributed by atoms with Crippen LogP contribution in [0.4, 0.5) is 0 Å². The molecule has 0 spiro atoms. The summed E-state index contributed by atoms with van der Waals surface area (Å²) in [5.74, 6) is 0. The minimum absolute atomic E-state index is 0. The van der Waals surface area contributed by atoms with Gasteiger partial charge in [0.2, 0.25) is 0 Å². The zero-order valence-electron chi connectivity index (χ0n) is 2.06. The topological polar surface area (TPSA) is 23.8 Å². The van der Waals surface area contributed by atoms with Gasteiger partial charge >= 0.3 is 0 Å². The van der Waals surface area contributed by atoms with Gasteiger partial charge in [0.25, 0.3) is 0 Å². The summed E-state index contributed by atoms with van der Waals surface area (Å²) < 4.78 is 0. The van der Waals surface area contributed by atoms with Crippen molar-refractivity contribution in [1.82, 2.24) is 0 Å². The number of rotatable bonds is 0. The fourth-order valence-corrected chi connectivity index (χ4v) is 0. The minimum Gasteiger partial charge on any atom is -0.696 e. The van der Waals surface area contributed by atoms with Crippen molar-refractivity contribution in [2.75, 3.05) is 0 Å². The van der Waals surface area contributed by atoms with Crippen LogP contribution in [0.2, 0.25) is 0 Å². The van der Waals surface area contributed by atoms with Gasteiger partial charge in [-0.15, -0.1) is 17.7 Å². The van der Waals surface area contributed by atoms with Crippen molar-refractivity contribution < 1.29 is 32.7 Å². The van der Waals surface area contributed by atoms with Crippen molar-refractivity contribution in [1.29, 1.82) is 0 Å². The summed E-state index contributed by atoms with van der Waals surface area (Å²) in [5.41, 5.74) is 6.73. The normalized spacial score (nSPS) is 3.00. The van der Waals surface area contributed by atoms with E-state index in [9.17, 15) is 0 Å². The van der Waals surface area contributed by atoms with Gasteiger partial charge in [-0.3, -0.25) is 0 Å². The molecule has 0 aliphatic carbocycles. The molecule has 0 unspecified atom stereocenters. The summed E-state index contributed by atoms with van der Waals surface area (Å²) in [7, 11) is 0. The smallest absolute Gasteiger partial charge is 0 e. The van der Waals surface area contributed by atoms with E-state index in [2.05, 4.69) is 12.2 Å². The summed E-state index contributed by atoms with van der Waals surface area (Å²) in [6.07, 6.45) is 0. The maximum absolute atomic E-state index is 5.90. The number of thiocarbonyl (C=S) groups is 1. The second kappa shape index (κ2) is 9.00. The van der Waals surface area contributed by atoms with Gasteiger partial charge in [0, 0.05) is 32.7 Å². The van der Waals surface area contributed by atoms with Crippen LogP contribution in [0, 0.1) is 0 Å². The van der Waals surface area contributed by atoms with Crippen molar-refractivity contribution in [3.05, 3.63) is 5.73 Å². The zero-order chi connectivity index (χ0) is 2.71. The van der Waals surface area contributed by atoms with E-state index in [1.165, 1.54) is 0 Å². The van der Waals surface area contributed by atoms with Crippen LogP contribution >= 0.6 is 12.2 Å². The summed E-state index contributed by atoms with van der Waals surface area (Å²) in [5, 5.41) is 0. The van der Waals surface area contributed by atoms with E-state index in [1.54, 1.807) is 0 Å². The van der Waals surface area contributed by atoms with E-state index in [-0.39, 0.29) is 32.7 Å². The van der Waals surface area contributed by atoms with Crippen LogP contribution in [0.25, 0.3) is 5.73 Å². The van der Waals surface area contributed by atoms with Crippen molar-refractivity contribution in [3.8, 4) is 0 Å². The molecule has 0 atom stereocenters. The Morgan fingerprint density at radius 1 is 1.75 bits per heavy atom. The van der Waals surface area contributed by atoms with Gasteiger partial charge < -0.3 is 5.73 Å². The molecule has 0 fully saturated rings. The summed E-state index contributed by atoms with van der Waals surface area (Å²) in [4.78, 5) is 0. The third-order valence-corrected chi connectivity index (χ3v) is 0. The molecular weight excluding hydrogens is 147 g/mol. The van der Waals surface area contributed by atoms with E-state index in [4.69, 9.17) is 5.73 Å². The Kier molecular flexibility index (Phi) is 20.0. The van der Waals surface area contributed by atoms with E-state index in [0.717, 1.165) is 5.49 Å². The van der Waals surface area contributed by atoms with Gasteiger partial charge in [-0.1, -0.05) is 0 Å². The molecule has 0 saturated heterocycles. The Bertz CT molecular complexity index is 15.5. The van der Waals surface area contributed by atoms with Crippen molar-refractivity contribution in [2.24, 2.45) is 0 Å². The van der Waals surface area contributed by atoms with Gasteiger partial charge in [0.15, 0.2) is 0 Å². The van der Waals surface area contributed by atoms with E-state index >= 15 is 0 Å². The van der Waals surface area contributed by atoms with Gasteiger partial charge in [-0.2, -0.15) is 0 Å². The number of hydrogen-bond donors (Lipinski definition) is 0. The van der Waals surface area contributed by atoms with Gasteiger partial charge in [-0.05, 0) is 0 Å². The van der Waals surface area contributed by atoms with Crippen molar-refractivity contribution in [2.45, 2.75) is 0 Å².